The summed E-state index contributed by atoms with van der Waals surface area (Å²) in [5, 5.41) is 5.25. The van der Waals surface area contributed by atoms with Crippen molar-refractivity contribution in [3.05, 3.63) is 54.1 Å². The number of hydrazone groups is 1. The summed E-state index contributed by atoms with van der Waals surface area (Å²) in [7, 11) is 0. The number of imide groups is 1. The molecule has 120 valence electrons. The van der Waals surface area contributed by atoms with Gasteiger partial charge in [0.25, 0.3) is 11.8 Å². The summed E-state index contributed by atoms with van der Waals surface area (Å²) in [6.45, 7) is 0. The summed E-state index contributed by atoms with van der Waals surface area (Å²) in [4.78, 5) is 25.4. The van der Waals surface area contributed by atoms with Crippen LogP contribution in [-0.2, 0) is 9.59 Å². The van der Waals surface area contributed by atoms with Crippen molar-refractivity contribution in [2.75, 3.05) is 0 Å². The molecule has 3 fully saturated rings. The van der Waals surface area contributed by atoms with Gasteiger partial charge < -0.3 is 0 Å². The Kier molecular flexibility index (Phi) is 2.76. The van der Waals surface area contributed by atoms with Crippen LogP contribution >= 0.6 is 0 Å². The van der Waals surface area contributed by atoms with E-state index in [1.807, 2.05) is 36.4 Å². The average Bonchev–Trinajstić information content (AvgIpc) is 3.20. The monoisotopic (exact) mass is 318 g/mol. The molecule has 4 atom stereocenters. The number of allylic oxidation sites excluding steroid dienone is 3. The van der Waals surface area contributed by atoms with Crippen molar-refractivity contribution in [2.45, 2.75) is 12.8 Å². The topological polar surface area (TPSA) is 49.7 Å². The molecule has 1 aromatic rings. The van der Waals surface area contributed by atoms with Crippen molar-refractivity contribution < 1.29 is 9.59 Å². The van der Waals surface area contributed by atoms with Crippen LogP contribution in [0.3, 0.4) is 0 Å². The number of rotatable bonds is 3. The largest absolute Gasteiger partial charge is 0.272 e. The van der Waals surface area contributed by atoms with E-state index in [4.69, 9.17) is 0 Å². The predicted molar refractivity (Wildman–Crippen MR) is 90.6 cm³/mol. The molecule has 1 spiro atoms. The zero-order valence-electron chi connectivity index (χ0n) is 13.2. The van der Waals surface area contributed by atoms with Crippen molar-refractivity contribution in [2.24, 2.45) is 34.2 Å². The maximum Gasteiger partial charge on any atom is 0.254 e. The molecule has 4 unspecified atom stereocenters. The Bertz CT molecular complexity index is 770. The van der Waals surface area contributed by atoms with Gasteiger partial charge in [-0.3, -0.25) is 9.59 Å². The summed E-state index contributed by atoms with van der Waals surface area (Å²) in [6, 6.07) is 9.85. The Labute approximate surface area is 140 Å². The fraction of sp³-hybridized carbons (Fsp3) is 0.350. The SMILES string of the molecule is O=C1C2C(C(=O)N1N=CC=Cc1ccccc1)C1C=CC2C12CC2. The molecule has 4 aliphatic rings. The van der Waals surface area contributed by atoms with Crippen LogP contribution in [0.1, 0.15) is 18.4 Å². The molecule has 2 bridgehead atoms. The Morgan fingerprint density at radius 2 is 1.62 bits per heavy atom. The molecule has 1 saturated heterocycles. The van der Waals surface area contributed by atoms with Crippen LogP contribution in [0.15, 0.2) is 53.7 Å². The van der Waals surface area contributed by atoms with Crippen LogP contribution in [0, 0.1) is 29.1 Å². The van der Waals surface area contributed by atoms with Crippen LogP contribution in [0.4, 0.5) is 0 Å². The van der Waals surface area contributed by atoms with Gasteiger partial charge in [-0.15, -0.1) is 0 Å². The lowest BCUT2D eigenvalue weighted by Gasteiger charge is -2.18. The highest BCUT2D eigenvalue weighted by molar-refractivity contribution is 6.07. The molecule has 0 aromatic heterocycles. The van der Waals surface area contributed by atoms with E-state index >= 15 is 0 Å². The Hall–Kier alpha value is -2.49. The van der Waals surface area contributed by atoms with Gasteiger partial charge >= 0.3 is 0 Å². The number of benzene rings is 1. The van der Waals surface area contributed by atoms with Crippen LogP contribution in [0.5, 0.6) is 0 Å². The highest BCUT2D eigenvalue weighted by atomic mass is 16.2. The lowest BCUT2D eigenvalue weighted by molar-refractivity contribution is -0.141. The highest BCUT2D eigenvalue weighted by Crippen LogP contribution is 2.73. The lowest BCUT2D eigenvalue weighted by Crippen LogP contribution is -2.30. The number of carbonyl (C=O) groups excluding carboxylic acids is 2. The van der Waals surface area contributed by atoms with Gasteiger partial charge in [0, 0.05) is 6.21 Å². The summed E-state index contributed by atoms with van der Waals surface area (Å²) in [5.74, 6) is -0.0708. The van der Waals surface area contributed by atoms with Gasteiger partial charge in [-0.25, -0.2) is 0 Å². The molecule has 4 heteroatoms. The molecular weight excluding hydrogens is 300 g/mol. The average molecular weight is 318 g/mol. The van der Waals surface area contributed by atoms with E-state index in [1.54, 1.807) is 6.08 Å². The third-order valence-electron chi connectivity index (χ3n) is 6.19. The molecule has 2 saturated carbocycles. The first kappa shape index (κ1) is 13.9. The molecule has 1 heterocycles. The second-order valence-corrected chi connectivity index (χ2v) is 7.24. The molecule has 5 rings (SSSR count). The van der Waals surface area contributed by atoms with Gasteiger partial charge in [0.2, 0.25) is 0 Å². The summed E-state index contributed by atoms with van der Waals surface area (Å²) in [5.41, 5.74) is 1.29. The molecule has 1 aliphatic heterocycles. The fourth-order valence-electron chi connectivity index (χ4n) is 5.00. The predicted octanol–water partition coefficient (Wildman–Crippen LogP) is 2.88. The van der Waals surface area contributed by atoms with E-state index in [0.29, 0.717) is 0 Å². The van der Waals surface area contributed by atoms with E-state index in [9.17, 15) is 9.59 Å². The van der Waals surface area contributed by atoms with Crippen molar-refractivity contribution in [3.8, 4) is 0 Å². The molecule has 24 heavy (non-hydrogen) atoms. The van der Waals surface area contributed by atoms with Gasteiger partial charge in [-0.05, 0) is 41.7 Å². The lowest BCUT2D eigenvalue weighted by atomic mass is 9.85. The fourth-order valence-corrected chi connectivity index (χ4v) is 5.00. The summed E-state index contributed by atoms with van der Waals surface area (Å²) >= 11 is 0. The minimum absolute atomic E-state index is 0.113. The molecule has 0 N–H and O–H groups in total. The van der Waals surface area contributed by atoms with Gasteiger partial charge in [0.05, 0.1) is 11.8 Å². The molecule has 1 aromatic carbocycles. The normalized spacial score (nSPS) is 35.1. The van der Waals surface area contributed by atoms with Crippen molar-refractivity contribution in [1.82, 2.24) is 5.01 Å². The molecular formula is C20H18N2O2. The third-order valence-corrected chi connectivity index (χ3v) is 6.19. The van der Waals surface area contributed by atoms with E-state index < -0.39 is 0 Å². The quantitative estimate of drug-likeness (QED) is 0.489. The highest BCUT2D eigenvalue weighted by Gasteiger charge is 2.73. The first-order chi connectivity index (χ1) is 11.7. The minimum atomic E-state index is -0.176. The van der Waals surface area contributed by atoms with E-state index in [0.717, 1.165) is 23.4 Å². The van der Waals surface area contributed by atoms with Gasteiger partial charge in [0.15, 0.2) is 0 Å². The van der Waals surface area contributed by atoms with Crippen LogP contribution in [-0.4, -0.2) is 23.0 Å². The zero-order valence-corrected chi connectivity index (χ0v) is 13.2. The van der Waals surface area contributed by atoms with Crippen molar-refractivity contribution >= 4 is 24.1 Å². The second-order valence-electron chi connectivity index (χ2n) is 7.24. The van der Waals surface area contributed by atoms with Gasteiger partial charge in [-0.1, -0.05) is 48.6 Å². The number of nitrogens with zero attached hydrogens (tertiary/aromatic N) is 2. The summed E-state index contributed by atoms with van der Waals surface area (Å²) < 4.78 is 0. The number of hydrogen-bond donors (Lipinski definition) is 0. The maximum absolute atomic E-state index is 12.7. The van der Waals surface area contributed by atoms with Crippen LogP contribution in [0.25, 0.3) is 6.08 Å². The summed E-state index contributed by atoms with van der Waals surface area (Å²) in [6.07, 6.45) is 11.9. The zero-order chi connectivity index (χ0) is 16.3. The van der Waals surface area contributed by atoms with Crippen LogP contribution < -0.4 is 0 Å². The van der Waals surface area contributed by atoms with E-state index in [2.05, 4.69) is 17.3 Å². The molecule has 2 amide bonds. The Morgan fingerprint density at radius 3 is 2.21 bits per heavy atom. The van der Waals surface area contributed by atoms with E-state index in [-0.39, 0.29) is 40.9 Å². The van der Waals surface area contributed by atoms with Gasteiger partial charge in [-0.2, -0.15) is 10.1 Å². The first-order valence-corrected chi connectivity index (χ1v) is 8.54. The second kappa shape index (κ2) is 4.76. The minimum Gasteiger partial charge on any atom is -0.272 e. The van der Waals surface area contributed by atoms with Crippen molar-refractivity contribution in [1.29, 1.82) is 0 Å². The number of fused-ring (bicyclic) bond motifs is 3. The van der Waals surface area contributed by atoms with Crippen molar-refractivity contribution in [3.63, 3.8) is 0 Å². The molecule has 0 radical (unpaired) electrons. The number of amides is 2. The number of hydrogen-bond acceptors (Lipinski definition) is 3. The van der Waals surface area contributed by atoms with E-state index in [1.165, 1.54) is 6.21 Å². The Balaban J connectivity index is 1.34. The molecule has 4 nitrogen and oxygen atoms in total. The smallest absolute Gasteiger partial charge is 0.254 e. The molecule has 3 aliphatic carbocycles. The van der Waals surface area contributed by atoms with Crippen LogP contribution in [0.2, 0.25) is 0 Å². The number of carbonyl (C=O) groups is 2. The standard InChI is InChI=1S/C20H18N2O2/c23-18-16-14-8-9-15(20(14)10-11-20)17(16)19(24)22(18)21-12-4-7-13-5-2-1-3-6-13/h1-9,12,14-17H,10-11H2. The third kappa shape index (κ3) is 1.71. The Morgan fingerprint density at radius 1 is 1.00 bits per heavy atom. The first-order valence-electron chi connectivity index (χ1n) is 8.54. The van der Waals surface area contributed by atoms with Gasteiger partial charge in [0.1, 0.15) is 0 Å². The maximum atomic E-state index is 12.7.